The molecule has 0 spiro atoms. The van der Waals surface area contributed by atoms with Crippen LogP contribution >= 0.6 is 11.6 Å². The Balaban J connectivity index is 1.98. The van der Waals surface area contributed by atoms with Crippen LogP contribution in [0.25, 0.3) is 11.2 Å². The van der Waals surface area contributed by atoms with Crippen molar-refractivity contribution < 1.29 is 15.3 Å². The maximum Gasteiger partial charge on any atom is 0.227 e. The Morgan fingerprint density at radius 3 is 2.59 bits per heavy atom. The first kappa shape index (κ1) is 20.9. The lowest BCUT2D eigenvalue weighted by atomic mass is 10.2. The number of phenols is 2. The highest BCUT2D eigenvalue weighted by Gasteiger charge is 2.18. The van der Waals surface area contributed by atoms with E-state index < -0.39 is 0 Å². The number of fused-ring (bicyclic) bond motifs is 1. The number of nitrogens with zero attached hydrogens (tertiary/aromatic N) is 5. The molecule has 29 heavy (non-hydrogen) atoms. The van der Waals surface area contributed by atoms with Crippen molar-refractivity contribution in [2.24, 2.45) is 0 Å². The monoisotopic (exact) mass is 421 g/mol. The first-order valence-corrected chi connectivity index (χ1v) is 9.66. The summed E-state index contributed by atoms with van der Waals surface area (Å²) in [6.45, 7) is 5.98. The van der Waals surface area contributed by atoms with Crippen LogP contribution < -0.4 is 10.6 Å². The van der Waals surface area contributed by atoms with Crippen molar-refractivity contribution in [3.05, 3.63) is 22.7 Å². The fourth-order valence-corrected chi connectivity index (χ4v) is 2.90. The van der Waals surface area contributed by atoms with E-state index in [4.69, 9.17) is 11.6 Å². The number of benzene rings is 1. The van der Waals surface area contributed by atoms with Gasteiger partial charge in [0.1, 0.15) is 11.5 Å². The SMILES string of the molecule is CCC(CO)Nc1nc(NCc2cc(O)c(Cl)cc2O)c2nnn(C(C)C)c2n1. The molecule has 156 valence electrons. The summed E-state index contributed by atoms with van der Waals surface area (Å²) in [5.41, 5.74) is 1.45. The number of aromatic nitrogens is 5. The second-order valence-electron chi connectivity index (χ2n) is 6.91. The van der Waals surface area contributed by atoms with Crippen molar-refractivity contribution in [1.82, 2.24) is 25.0 Å². The Hall–Kier alpha value is -2.85. The normalized spacial score (nSPS) is 12.5. The van der Waals surface area contributed by atoms with Gasteiger partial charge in [0.05, 0.1) is 23.7 Å². The van der Waals surface area contributed by atoms with Crippen LogP contribution in [0.4, 0.5) is 11.8 Å². The number of anilines is 2. The van der Waals surface area contributed by atoms with Crippen molar-refractivity contribution in [3.63, 3.8) is 0 Å². The van der Waals surface area contributed by atoms with E-state index in [0.29, 0.717) is 34.9 Å². The third kappa shape index (κ3) is 4.43. The Labute approximate surface area is 172 Å². The summed E-state index contributed by atoms with van der Waals surface area (Å²) in [7, 11) is 0. The molecule has 1 unspecified atom stereocenters. The molecule has 2 heterocycles. The van der Waals surface area contributed by atoms with Gasteiger partial charge >= 0.3 is 0 Å². The van der Waals surface area contributed by atoms with Crippen LogP contribution in [-0.4, -0.2) is 52.9 Å². The molecule has 1 aromatic carbocycles. The highest BCUT2D eigenvalue weighted by atomic mass is 35.5. The molecule has 10 nitrogen and oxygen atoms in total. The molecule has 3 aromatic rings. The molecule has 11 heteroatoms. The maximum atomic E-state index is 10.1. The molecule has 3 rings (SSSR count). The molecule has 0 radical (unpaired) electrons. The van der Waals surface area contributed by atoms with E-state index in [1.54, 1.807) is 4.68 Å². The van der Waals surface area contributed by atoms with Gasteiger partial charge in [-0.1, -0.05) is 23.7 Å². The molecule has 0 saturated carbocycles. The van der Waals surface area contributed by atoms with Gasteiger partial charge in [0, 0.05) is 18.2 Å². The molecule has 0 amide bonds. The van der Waals surface area contributed by atoms with Gasteiger partial charge in [0.25, 0.3) is 0 Å². The summed E-state index contributed by atoms with van der Waals surface area (Å²) in [5, 5.41) is 44.0. The number of aliphatic hydroxyl groups excluding tert-OH is 1. The molecule has 0 saturated heterocycles. The fourth-order valence-electron chi connectivity index (χ4n) is 2.74. The topological polar surface area (TPSA) is 141 Å². The molecular weight excluding hydrogens is 398 g/mol. The van der Waals surface area contributed by atoms with Crippen LogP contribution in [0.3, 0.4) is 0 Å². The van der Waals surface area contributed by atoms with E-state index in [1.807, 2.05) is 20.8 Å². The van der Waals surface area contributed by atoms with Crippen LogP contribution in [0.1, 0.15) is 38.8 Å². The zero-order valence-electron chi connectivity index (χ0n) is 16.4. The van der Waals surface area contributed by atoms with E-state index in [0.717, 1.165) is 0 Å². The van der Waals surface area contributed by atoms with Gasteiger partial charge in [-0.3, -0.25) is 0 Å². The third-order valence-electron chi connectivity index (χ3n) is 4.45. The second kappa shape index (κ2) is 8.66. The summed E-state index contributed by atoms with van der Waals surface area (Å²) in [4.78, 5) is 8.97. The lowest BCUT2D eigenvalue weighted by Gasteiger charge is -2.16. The lowest BCUT2D eigenvalue weighted by molar-refractivity contribution is 0.271. The highest BCUT2D eigenvalue weighted by molar-refractivity contribution is 6.32. The number of nitrogens with one attached hydrogen (secondary N) is 2. The summed E-state index contributed by atoms with van der Waals surface area (Å²) in [6, 6.07) is 2.50. The zero-order valence-corrected chi connectivity index (χ0v) is 17.1. The number of hydrogen-bond donors (Lipinski definition) is 5. The first-order valence-electron chi connectivity index (χ1n) is 9.28. The van der Waals surface area contributed by atoms with E-state index in [9.17, 15) is 15.3 Å². The largest absolute Gasteiger partial charge is 0.508 e. The van der Waals surface area contributed by atoms with Gasteiger partial charge in [-0.15, -0.1) is 5.10 Å². The number of rotatable bonds is 8. The van der Waals surface area contributed by atoms with Crippen LogP contribution in [0.5, 0.6) is 11.5 Å². The van der Waals surface area contributed by atoms with E-state index in [1.165, 1.54) is 12.1 Å². The summed E-state index contributed by atoms with van der Waals surface area (Å²) >= 11 is 5.81. The lowest BCUT2D eigenvalue weighted by Crippen LogP contribution is -2.24. The van der Waals surface area contributed by atoms with Gasteiger partial charge in [-0.25, -0.2) is 4.68 Å². The number of aliphatic hydroxyl groups is 1. The smallest absolute Gasteiger partial charge is 0.227 e. The molecule has 0 aliphatic heterocycles. The van der Waals surface area contributed by atoms with Crippen LogP contribution in [0.15, 0.2) is 12.1 Å². The van der Waals surface area contributed by atoms with E-state index in [2.05, 4.69) is 30.9 Å². The summed E-state index contributed by atoms with van der Waals surface area (Å²) < 4.78 is 1.68. The molecule has 5 N–H and O–H groups in total. The Morgan fingerprint density at radius 1 is 1.17 bits per heavy atom. The average Bonchev–Trinajstić information content (AvgIpc) is 3.12. The number of aromatic hydroxyl groups is 2. The maximum absolute atomic E-state index is 10.1. The Bertz CT molecular complexity index is 1000. The van der Waals surface area contributed by atoms with E-state index >= 15 is 0 Å². The van der Waals surface area contributed by atoms with Crippen LogP contribution in [-0.2, 0) is 6.54 Å². The van der Waals surface area contributed by atoms with Crippen molar-refractivity contribution >= 4 is 34.5 Å². The Morgan fingerprint density at radius 2 is 1.93 bits per heavy atom. The number of hydrogen-bond acceptors (Lipinski definition) is 9. The molecule has 0 fully saturated rings. The minimum atomic E-state index is -0.194. The van der Waals surface area contributed by atoms with Crippen molar-refractivity contribution in [2.45, 2.75) is 45.8 Å². The quantitative estimate of drug-likeness (QED) is 0.347. The summed E-state index contributed by atoms with van der Waals surface area (Å²) in [5.74, 6) is 0.552. The van der Waals surface area contributed by atoms with Gasteiger partial charge in [-0.05, 0) is 26.3 Å². The average molecular weight is 422 g/mol. The molecule has 2 aromatic heterocycles. The standard InChI is InChI=1S/C18H24ClN7O3/c1-4-11(8-27)21-18-22-16(15-17(23-18)26(9(2)3)25-24-15)20-7-10-5-14(29)12(19)6-13(10)28/h5-6,9,11,27-29H,4,7-8H2,1-3H3,(H2,20,21,22,23). The van der Waals surface area contributed by atoms with Crippen LogP contribution in [0, 0.1) is 0 Å². The second-order valence-corrected chi connectivity index (χ2v) is 7.32. The minimum Gasteiger partial charge on any atom is -0.508 e. The van der Waals surface area contributed by atoms with Crippen molar-refractivity contribution in [3.8, 4) is 11.5 Å². The molecule has 0 aliphatic carbocycles. The van der Waals surface area contributed by atoms with Gasteiger partial charge in [0.2, 0.25) is 5.95 Å². The minimum absolute atomic E-state index is 0.0349. The van der Waals surface area contributed by atoms with E-state index in [-0.39, 0.29) is 41.8 Å². The first-order chi connectivity index (χ1) is 13.8. The van der Waals surface area contributed by atoms with Gasteiger partial charge < -0.3 is 26.0 Å². The Kier molecular flexibility index (Phi) is 6.23. The van der Waals surface area contributed by atoms with Crippen molar-refractivity contribution in [1.29, 1.82) is 0 Å². The molecule has 0 aliphatic rings. The summed E-state index contributed by atoms with van der Waals surface area (Å²) in [6.07, 6.45) is 0.695. The molecule has 0 bridgehead atoms. The number of halogens is 1. The van der Waals surface area contributed by atoms with Crippen molar-refractivity contribution in [2.75, 3.05) is 17.2 Å². The predicted molar refractivity (Wildman–Crippen MR) is 110 cm³/mol. The molecular formula is C18H24ClN7O3. The molecule has 1 atom stereocenters. The number of phenolic OH excluding ortho intramolecular Hbond substituents is 2. The zero-order chi connectivity index (χ0) is 21.1. The van der Waals surface area contributed by atoms with Gasteiger partial charge in [-0.2, -0.15) is 9.97 Å². The third-order valence-corrected chi connectivity index (χ3v) is 4.76. The van der Waals surface area contributed by atoms with Gasteiger partial charge in [0.15, 0.2) is 17.0 Å². The van der Waals surface area contributed by atoms with Crippen LogP contribution in [0.2, 0.25) is 5.02 Å². The fraction of sp³-hybridized carbons (Fsp3) is 0.444. The predicted octanol–water partition coefficient (Wildman–Crippen LogP) is 2.66. The highest BCUT2D eigenvalue weighted by Crippen LogP contribution is 2.31.